The third-order valence-electron chi connectivity index (χ3n) is 2.48. The van der Waals surface area contributed by atoms with Crippen LogP contribution >= 0.6 is 0 Å². The number of hydrogen-bond donors (Lipinski definition) is 1. The zero-order valence-corrected chi connectivity index (χ0v) is 11.0. The minimum absolute atomic E-state index is 0.0191. The summed E-state index contributed by atoms with van der Waals surface area (Å²) in [4.78, 5) is 15.7. The van der Waals surface area contributed by atoms with Crippen molar-refractivity contribution in [3.8, 4) is 5.88 Å². The number of rotatable bonds is 7. The topological polar surface area (TPSA) is 51.2 Å². The van der Waals surface area contributed by atoms with Gasteiger partial charge in [-0.1, -0.05) is 6.92 Å². The number of ether oxygens (including phenoxy) is 1. The van der Waals surface area contributed by atoms with Crippen LogP contribution in [0.3, 0.4) is 0 Å². The third-order valence-corrected chi connectivity index (χ3v) is 2.48. The van der Waals surface area contributed by atoms with Crippen LogP contribution in [0.25, 0.3) is 0 Å². The van der Waals surface area contributed by atoms with Gasteiger partial charge < -0.3 is 10.1 Å². The van der Waals surface area contributed by atoms with E-state index in [4.69, 9.17) is 4.74 Å². The molecule has 0 bridgehead atoms. The van der Waals surface area contributed by atoms with Gasteiger partial charge in [-0.15, -0.1) is 0 Å². The summed E-state index contributed by atoms with van der Waals surface area (Å²) in [5.41, 5.74) is 0.0400. The lowest BCUT2D eigenvalue weighted by Gasteiger charge is -2.12. The van der Waals surface area contributed by atoms with Crippen LogP contribution in [0, 0.1) is 5.82 Å². The number of halogens is 1. The summed E-state index contributed by atoms with van der Waals surface area (Å²) >= 11 is 0. The van der Waals surface area contributed by atoms with Crippen molar-refractivity contribution in [2.75, 3.05) is 13.2 Å². The highest BCUT2D eigenvalue weighted by atomic mass is 19.1. The molecule has 0 radical (unpaired) electrons. The number of nitrogens with zero attached hydrogens (tertiary/aromatic N) is 1. The minimum atomic E-state index is -0.673. The lowest BCUT2D eigenvalue weighted by Crippen LogP contribution is -2.28. The first-order valence-corrected chi connectivity index (χ1v) is 6.14. The molecule has 0 aromatic carbocycles. The highest BCUT2D eigenvalue weighted by molar-refractivity contribution is 5.96. The largest absolute Gasteiger partial charge is 0.476 e. The number of pyridine rings is 1. The SMILES string of the molecule is CCNC(C)CC(=O)c1ccnc(OCC)c1F. The fourth-order valence-corrected chi connectivity index (χ4v) is 1.69. The van der Waals surface area contributed by atoms with Gasteiger partial charge in [-0.3, -0.25) is 4.79 Å². The molecule has 1 aromatic rings. The molecule has 0 amide bonds. The molecule has 1 heterocycles. The van der Waals surface area contributed by atoms with Crippen molar-refractivity contribution in [1.82, 2.24) is 10.3 Å². The first-order chi connectivity index (χ1) is 8.60. The summed E-state index contributed by atoms with van der Waals surface area (Å²) in [6.45, 7) is 6.68. The second-order valence-electron chi connectivity index (χ2n) is 4.00. The summed E-state index contributed by atoms with van der Waals surface area (Å²) in [5.74, 6) is -1.03. The van der Waals surface area contributed by atoms with Gasteiger partial charge in [-0.2, -0.15) is 0 Å². The molecule has 1 rings (SSSR count). The van der Waals surface area contributed by atoms with Crippen molar-refractivity contribution in [3.05, 3.63) is 23.6 Å². The molecule has 1 aromatic heterocycles. The first kappa shape index (κ1) is 14.6. The van der Waals surface area contributed by atoms with Crippen LogP contribution in [0.5, 0.6) is 5.88 Å². The Balaban J connectivity index is 2.82. The second-order valence-corrected chi connectivity index (χ2v) is 4.00. The Hall–Kier alpha value is -1.49. The van der Waals surface area contributed by atoms with Crippen LogP contribution in [0.1, 0.15) is 37.6 Å². The summed E-state index contributed by atoms with van der Waals surface area (Å²) in [5, 5.41) is 3.12. The summed E-state index contributed by atoms with van der Waals surface area (Å²) < 4.78 is 18.9. The molecule has 0 fully saturated rings. The van der Waals surface area contributed by atoms with Crippen LogP contribution in [-0.2, 0) is 0 Å². The smallest absolute Gasteiger partial charge is 0.251 e. The van der Waals surface area contributed by atoms with Crippen LogP contribution in [-0.4, -0.2) is 30.0 Å². The number of hydrogen-bond acceptors (Lipinski definition) is 4. The van der Waals surface area contributed by atoms with E-state index >= 15 is 0 Å². The molecule has 18 heavy (non-hydrogen) atoms. The Kier molecular flexibility index (Phi) is 5.71. The van der Waals surface area contributed by atoms with Gasteiger partial charge in [-0.25, -0.2) is 9.37 Å². The molecule has 1 atom stereocenters. The molecule has 1 unspecified atom stereocenters. The van der Waals surface area contributed by atoms with Crippen molar-refractivity contribution >= 4 is 5.78 Å². The van der Waals surface area contributed by atoms with E-state index in [0.717, 1.165) is 6.54 Å². The van der Waals surface area contributed by atoms with Gasteiger partial charge >= 0.3 is 0 Å². The van der Waals surface area contributed by atoms with E-state index in [1.165, 1.54) is 12.3 Å². The maximum Gasteiger partial charge on any atom is 0.251 e. The average Bonchev–Trinajstić information content (AvgIpc) is 2.32. The van der Waals surface area contributed by atoms with E-state index in [1.807, 2.05) is 13.8 Å². The monoisotopic (exact) mass is 254 g/mol. The number of nitrogens with one attached hydrogen (secondary N) is 1. The fourth-order valence-electron chi connectivity index (χ4n) is 1.69. The van der Waals surface area contributed by atoms with Crippen molar-refractivity contribution in [3.63, 3.8) is 0 Å². The van der Waals surface area contributed by atoms with Gasteiger partial charge in [0.15, 0.2) is 11.6 Å². The van der Waals surface area contributed by atoms with E-state index in [1.54, 1.807) is 6.92 Å². The molecule has 0 aliphatic rings. The second kappa shape index (κ2) is 7.06. The van der Waals surface area contributed by atoms with E-state index in [9.17, 15) is 9.18 Å². The van der Waals surface area contributed by atoms with Gasteiger partial charge in [0, 0.05) is 18.7 Å². The van der Waals surface area contributed by atoms with Gasteiger partial charge in [-0.05, 0) is 26.5 Å². The van der Waals surface area contributed by atoms with Crippen LogP contribution in [0.4, 0.5) is 4.39 Å². The van der Waals surface area contributed by atoms with Crippen LogP contribution < -0.4 is 10.1 Å². The standard InChI is InChI=1S/C13H19FN2O2/c1-4-15-9(3)8-11(17)10-6-7-16-13(12(10)14)18-5-2/h6-7,9,15H,4-5,8H2,1-3H3. The van der Waals surface area contributed by atoms with Gasteiger partial charge in [0.1, 0.15) is 0 Å². The van der Waals surface area contributed by atoms with Gasteiger partial charge in [0.25, 0.3) is 5.88 Å². The van der Waals surface area contributed by atoms with E-state index < -0.39 is 5.82 Å². The van der Waals surface area contributed by atoms with Crippen LogP contribution in [0.2, 0.25) is 0 Å². The molecular formula is C13H19FN2O2. The Morgan fingerprint density at radius 1 is 1.56 bits per heavy atom. The van der Waals surface area contributed by atoms with E-state index in [2.05, 4.69) is 10.3 Å². The molecule has 100 valence electrons. The summed E-state index contributed by atoms with van der Waals surface area (Å²) in [6, 6.07) is 1.41. The quantitative estimate of drug-likeness (QED) is 0.758. The summed E-state index contributed by atoms with van der Waals surface area (Å²) in [6.07, 6.45) is 1.64. The van der Waals surface area contributed by atoms with E-state index in [0.29, 0.717) is 6.61 Å². The van der Waals surface area contributed by atoms with Crippen molar-refractivity contribution in [2.45, 2.75) is 33.2 Å². The average molecular weight is 254 g/mol. The Bertz CT molecular complexity index is 410. The number of carbonyl (C=O) groups is 1. The molecule has 0 saturated carbocycles. The van der Waals surface area contributed by atoms with Crippen molar-refractivity contribution in [2.24, 2.45) is 0 Å². The third kappa shape index (κ3) is 3.77. The fraction of sp³-hybridized carbons (Fsp3) is 0.538. The molecule has 0 aliphatic carbocycles. The highest BCUT2D eigenvalue weighted by Gasteiger charge is 2.18. The Morgan fingerprint density at radius 2 is 2.28 bits per heavy atom. The maximum atomic E-state index is 13.9. The van der Waals surface area contributed by atoms with Crippen LogP contribution in [0.15, 0.2) is 12.3 Å². The molecule has 0 saturated heterocycles. The molecule has 0 aliphatic heterocycles. The lowest BCUT2D eigenvalue weighted by molar-refractivity contribution is 0.0966. The highest BCUT2D eigenvalue weighted by Crippen LogP contribution is 2.19. The number of aromatic nitrogens is 1. The number of ketones is 1. The van der Waals surface area contributed by atoms with Gasteiger partial charge in [0.05, 0.1) is 12.2 Å². The lowest BCUT2D eigenvalue weighted by atomic mass is 10.1. The minimum Gasteiger partial charge on any atom is -0.476 e. The van der Waals surface area contributed by atoms with Crippen molar-refractivity contribution < 1.29 is 13.9 Å². The Labute approximate surface area is 107 Å². The number of Topliss-reactive ketones (excluding diaryl/α,β-unsaturated/α-hetero) is 1. The molecule has 5 heteroatoms. The van der Waals surface area contributed by atoms with Gasteiger partial charge in [0.2, 0.25) is 0 Å². The van der Waals surface area contributed by atoms with Crippen molar-refractivity contribution in [1.29, 1.82) is 0 Å². The Morgan fingerprint density at radius 3 is 2.89 bits per heavy atom. The molecular weight excluding hydrogens is 235 g/mol. The zero-order chi connectivity index (χ0) is 13.5. The zero-order valence-electron chi connectivity index (χ0n) is 11.0. The maximum absolute atomic E-state index is 13.9. The number of carbonyl (C=O) groups excluding carboxylic acids is 1. The molecule has 1 N–H and O–H groups in total. The molecule has 4 nitrogen and oxygen atoms in total. The first-order valence-electron chi connectivity index (χ1n) is 6.14. The summed E-state index contributed by atoms with van der Waals surface area (Å²) in [7, 11) is 0. The predicted molar refractivity (Wildman–Crippen MR) is 67.5 cm³/mol. The molecule has 0 spiro atoms. The normalized spacial score (nSPS) is 12.2. The predicted octanol–water partition coefficient (Wildman–Crippen LogP) is 2.19. The van der Waals surface area contributed by atoms with E-state index in [-0.39, 0.29) is 29.7 Å².